The zero-order valence-corrected chi connectivity index (χ0v) is 10.6. The molecular formula is C12H17Br. The van der Waals surface area contributed by atoms with E-state index in [1.54, 1.807) is 0 Å². The van der Waals surface area contributed by atoms with Crippen LogP contribution in [-0.2, 0) is 5.41 Å². The Morgan fingerprint density at radius 3 is 2.08 bits per heavy atom. The van der Waals surface area contributed by atoms with E-state index in [0.717, 1.165) is 0 Å². The number of benzene rings is 1. The van der Waals surface area contributed by atoms with E-state index in [0.29, 0.717) is 0 Å². The van der Waals surface area contributed by atoms with Gasteiger partial charge in [-0.05, 0) is 36.0 Å². The van der Waals surface area contributed by atoms with Gasteiger partial charge < -0.3 is 0 Å². The van der Waals surface area contributed by atoms with Gasteiger partial charge in [0, 0.05) is 4.47 Å². The van der Waals surface area contributed by atoms with E-state index >= 15 is 0 Å². The van der Waals surface area contributed by atoms with Gasteiger partial charge >= 0.3 is 0 Å². The van der Waals surface area contributed by atoms with E-state index in [2.05, 4.69) is 62.7 Å². The molecule has 0 N–H and O–H groups in total. The van der Waals surface area contributed by atoms with Crippen LogP contribution in [0.3, 0.4) is 0 Å². The third kappa shape index (κ3) is 2.14. The molecule has 0 aliphatic rings. The second kappa shape index (κ2) is 3.45. The van der Waals surface area contributed by atoms with Crippen LogP contribution < -0.4 is 0 Å². The van der Waals surface area contributed by atoms with Gasteiger partial charge in [-0.25, -0.2) is 0 Å². The van der Waals surface area contributed by atoms with Crippen molar-refractivity contribution in [2.75, 3.05) is 0 Å². The molecule has 0 aromatic heterocycles. The smallest absolute Gasteiger partial charge is 0.0236 e. The molecule has 1 aromatic carbocycles. The molecule has 0 amide bonds. The second-order valence-corrected chi connectivity index (χ2v) is 5.41. The van der Waals surface area contributed by atoms with Crippen molar-refractivity contribution in [3.8, 4) is 0 Å². The number of hydrogen-bond acceptors (Lipinski definition) is 0. The van der Waals surface area contributed by atoms with E-state index in [4.69, 9.17) is 0 Å². The minimum absolute atomic E-state index is 0.236. The summed E-state index contributed by atoms with van der Waals surface area (Å²) in [6.45, 7) is 11.0. The first kappa shape index (κ1) is 10.8. The Bertz CT molecular complexity index is 319. The van der Waals surface area contributed by atoms with Crippen LogP contribution in [0.15, 0.2) is 16.6 Å². The molecule has 13 heavy (non-hydrogen) atoms. The third-order valence-electron chi connectivity index (χ3n) is 2.39. The summed E-state index contributed by atoms with van der Waals surface area (Å²) in [4.78, 5) is 0. The Kier molecular flexibility index (Phi) is 2.86. The summed E-state index contributed by atoms with van der Waals surface area (Å²) in [5, 5.41) is 0. The van der Waals surface area contributed by atoms with Crippen molar-refractivity contribution in [1.82, 2.24) is 0 Å². The fourth-order valence-electron chi connectivity index (χ4n) is 1.63. The number of halogens is 1. The van der Waals surface area contributed by atoms with Crippen LogP contribution in [0.25, 0.3) is 0 Å². The van der Waals surface area contributed by atoms with Gasteiger partial charge in [0.25, 0.3) is 0 Å². The van der Waals surface area contributed by atoms with Gasteiger partial charge in [0.05, 0.1) is 0 Å². The van der Waals surface area contributed by atoms with E-state index in [1.807, 2.05) is 0 Å². The summed E-state index contributed by atoms with van der Waals surface area (Å²) < 4.78 is 1.25. The van der Waals surface area contributed by atoms with Crippen LogP contribution in [0.2, 0.25) is 0 Å². The molecule has 0 fully saturated rings. The van der Waals surface area contributed by atoms with Crippen LogP contribution >= 0.6 is 15.9 Å². The molecule has 0 atom stereocenters. The predicted octanol–water partition coefficient (Wildman–Crippen LogP) is 4.36. The zero-order chi connectivity index (χ0) is 10.2. The van der Waals surface area contributed by atoms with Crippen molar-refractivity contribution in [2.24, 2.45) is 0 Å². The number of aryl methyl sites for hydroxylation is 1. The summed E-state index contributed by atoms with van der Waals surface area (Å²) in [7, 11) is 0. The van der Waals surface area contributed by atoms with Gasteiger partial charge in [0.2, 0.25) is 0 Å². The van der Waals surface area contributed by atoms with Crippen LogP contribution in [0, 0.1) is 13.8 Å². The normalized spacial score (nSPS) is 11.8. The SMILES string of the molecule is Cc1ccc(C(C)(C)C)c(C)c1Br. The second-order valence-electron chi connectivity index (χ2n) is 4.62. The van der Waals surface area contributed by atoms with Gasteiger partial charge in [-0.3, -0.25) is 0 Å². The summed E-state index contributed by atoms with van der Waals surface area (Å²) in [6.07, 6.45) is 0. The van der Waals surface area contributed by atoms with Gasteiger partial charge in [-0.2, -0.15) is 0 Å². The maximum atomic E-state index is 3.62. The minimum Gasteiger partial charge on any atom is -0.0579 e. The molecule has 1 aromatic rings. The summed E-state index contributed by atoms with van der Waals surface area (Å²) in [5.74, 6) is 0. The highest BCUT2D eigenvalue weighted by Gasteiger charge is 2.17. The van der Waals surface area contributed by atoms with Crippen molar-refractivity contribution in [1.29, 1.82) is 0 Å². The first-order valence-corrected chi connectivity index (χ1v) is 5.39. The zero-order valence-electron chi connectivity index (χ0n) is 9.03. The maximum absolute atomic E-state index is 3.62. The maximum Gasteiger partial charge on any atom is 0.0236 e. The lowest BCUT2D eigenvalue weighted by atomic mass is 9.83. The molecule has 0 aliphatic heterocycles. The lowest BCUT2D eigenvalue weighted by Crippen LogP contribution is -2.13. The molecule has 72 valence electrons. The largest absolute Gasteiger partial charge is 0.0579 e. The van der Waals surface area contributed by atoms with E-state index in [1.165, 1.54) is 21.2 Å². The molecule has 0 saturated carbocycles. The summed E-state index contributed by atoms with van der Waals surface area (Å²) in [5.41, 5.74) is 4.34. The standard InChI is InChI=1S/C12H17Br/c1-8-6-7-10(12(3,4)5)9(2)11(8)13/h6-7H,1-5H3. The van der Waals surface area contributed by atoms with E-state index in [9.17, 15) is 0 Å². The fourth-order valence-corrected chi connectivity index (χ4v) is 1.98. The molecule has 0 heterocycles. The first-order chi connectivity index (χ1) is 5.84. The Balaban J connectivity index is 3.35. The van der Waals surface area contributed by atoms with Gasteiger partial charge in [0.1, 0.15) is 0 Å². The molecular weight excluding hydrogens is 224 g/mol. The quantitative estimate of drug-likeness (QED) is 0.632. The topological polar surface area (TPSA) is 0 Å². The highest BCUT2D eigenvalue weighted by molar-refractivity contribution is 9.10. The third-order valence-corrected chi connectivity index (χ3v) is 3.61. The Morgan fingerprint density at radius 1 is 1.08 bits per heavy atom. The van der Waals surface area contributed by atoms with Gasteiger partial charge in [-0.15, -0.1) is 0 Å². The van der Waals surface area contributed by atoms with Crippen molar-refractivity contribution < 1.29 is 0 Å². The van der Waals surface area contributed by atoms with Gasteiger partial charge in [0.15, 0.2) is 0 Å². The first-order valence-electron chi connectivity index (χ1n) is 4.60. The molecule has 0 saturated heterocycles. The van der Waals surface area contributed by atoms with Crippen molar-refractivity contribution >= 4 is 15.9 Å². The number of hydrogen-bond donors (Lipinski definition) is 0. The van der Waals surface area contributed by atoms with Crippen LogP contribution in [0.5, 0.6) is 0 Å². The molecule has 1 heteroatoms. The highest BCUT2D eigenvalue weighted by Crippen LogP contribution is 2.31. The van der Waals surface area contributed by atoms with Crippen LogP contribution in [-0.4, -0.2) is 0 Å². The molecule has 1 rings (SSSR count). The molecule has 0 unspecified atom stereocenters. The molecule has 0 bridgehead atoms. The average molecular weight is 241 g/mol. The lowest BCUT2D eigenvalue weighted by molar-refractivity contribution is 0.585. The van der Waals surface area contributed by atoms with Crippen LogP contribution in [0.1, 0.15) is 37.5 Å². The van der Waals surface area contributed by atoms with Crippen molar-refractivity contribution in [2.45, 2.75) is 40.0 Å². The molecule has 0 radical (unpaired) electrons. The van der Waals surface area contributed by atoms with Crippen molar-refractivity contribution in [3.63, 3.8) is 0 Å². The highest BCUT2D eigenvalue weighted by atomic mass is 79.9. The molecule has 0 aliphatic carbocycles. The monoisotopic (exact) mass is 240 g/mol. The lowest BCUT2D eigenvalue weighted by Gasteiger charge is -2.23. The summed E-state index contributed by atoms with van der Waals surface area (Å²) in [6, 6.07) is 4.41. The number of rotatable bonds is 0. The van der Waals surface area contributed by atoms with E-state index in [-0.39, 0.29) is 5.41 Å². The predicted molar refractivity (Wildman–Crippen MR) is 62.3 cm³/mol. The van der Waals surface area contributed by atoms with Crippen LogP contribution in [0.4, 0.5) is 0 Å². The van der Waals surface area contributed by atoms with Gasteiger partial charge in [-0.1, -0.05) is 48.8 Å². The minimum atomic E-state index is 0.236. The molecule has 0 spiro atoms. The Morgan fingerprint density at radius 2 is 1.62 bits per heavy atom. The Hall–Kier alpha value is -0.300. The Labute approximate surface area is 89.5 Å². The van der Waals surface area contributed by atoms with E-state index < -0.39 is 0 Å². The summed E-state index contributed by atoms with van der Waals surface area (Å²) >= 11 is 3.62. The average Bonchev–Trinajstić information content (AvgIpc) is 1.98. The fraction of sp³-hybridized carbons (Fsp3) is 0.500. The van der Waals surface area contributed by atoms with Crippen molar-refractivity contribution in [3.05, 3.63) is 33.3 Å². The molecule has 0 nitrogen and oxygen atoms in total.